The summed E-state index contributed by atoms with van der Waals surface area (Å²) in [5.41, 5.74) is 5.77. The maximum Gasteiger partial charge on any atom is 0.251 e. The van der Waals surface area contributed by atoms with Crippen LogP contribution in [-0.4, -0.2) is 18.0 Å². The molecule has 1 saturated carbocycles. The van der Waals surface area contributed by atoms with Crippen molar-refractivity contribution in [2.45, 2.75) is 31.2 Å². The topological polar surface area (TPSA) is 55.1 Å². The lowest BCUT2D eigenvalue weighted by atomic mass is 9.97. The molecule has 0 radical (unpaired) electrons. The molecule has 1 aliphatic carbocycles. The van der Waals surface area contributed by atoms with Gasteiger partial charge in [-0.2, -0.15) is 0 Å². The molecule has 3 N–H and O–H groups in total. The summed E-state index contributed by atoms with van der Waals surface area (Å²) in [5.74, 6) is -0.690. The molecule has 0 aromatic heterocycles. The van der Waals surface area contributed by atoms with Crippen LogP contribution in [-0.2, 0) is 0 Å². The molecule has 0 bridgehead atoms. The molecule has 1 aromatic carbocycles. The number of halogens is 3. The Bertz CT molecular complexity index is 444. The van der Waals surface area contributed by atoms with Crippen molar-refractivity contribution in [3.8, 4) is 0 Å². The van der Waals surface area contributed by atoms with Crippen molar-refractivity contribution < 1.29 is 9.18 Å². The van der Waals surface area contributed by atoms with Crippen molar-refractivity contribution in [3.63, 3.8) is 0 Å². The molecule has 106 valence electrons. The van der Waals surface area contributed by atoms with Gasteiger partial charge in [-0.05, 0) is 31.0 Å². The summed E-state index contributed by atoms with van der Waals surface area (Å²) in [6.45, 7) is 0.426. The maximum absolute atomic E-state index is 13.2. The minimum absolute atomic E-state index is 0. The third kappa shape index (κ3) is 3.91. The summed E-state index contributed by atoms with van der Waals surface area (Å²) >= 11 is 3.18. The van der Waals surface area contributed by atoms with E-state index in [1.165, 1.54) is 12.1 Å². The molecular formula is C13H17BrClFN2O. The van der Waals surface area contributed by atoms with Crippen LogP contribution in [0.3, 0.4) is 0 Å². The van der Waals surface area contributed by atoms with Gasteiger partial charge in [-0.1, -0.05) is 28.8 Å². The zero-order valence-electron chi connectivity index (χ0n) is 10.4. The molecule has 2 rings (SSSR count). The Kier molecular flexibility index (Phi) is 5.77. The van der Waals surface area contributed by atoms with E-state index in [0.29, 0.717) is 16.6 Å². The molecule has 1 aliphatic rings. The number of nitrogens with one attached hydrogen (secondary N) is 1. The van der Waals surface area contributed by atoms with Gasteiger partial charge in [0.25, 0.3) is 5.91 Å². The van der Waals surface area contributed by atoms with Crippen molar-refractivity contribution in [1.29, 1.82) is 0 Å². The van der Waals surface area contributed by atoms with Crippen LogP contribution in [0.2, 0.25) is 0 Å². The van der Waals surface area contributed by atoms with Crippen molar-refractivity contribution in [3.05, 3.63) is 34.1 Å². The fraction of sp³-hybridized carbons (Fsp3) is 0.462. The Morgan fingerprint density at radius 3 is 2.53 bits per heavy atom. The summed E-state index contributed by atoms with van der Waals surface area (Å²) in [4.78, 5) is 12.1. The van der Waals surface area contributed by atoms with Crippen LogP contribution < -0.4 is 11.1 Å². The van der Waals surface area contributed by atoms with Gasteiger partial charge in [0.2, 0.25) is 0 Å². The predicted octanol–water partition coefficient (Wildman–Crippen LogP) is 3.01. The minimum atomic E-state index is -0.428. The van der Waals surface area contributed by atoms with Crippen LogP contribution in [0.5, 0.6) is 0 Å². The van der Waals surface area contributed by atoms with E-state index in [2.05, 4.69) is 21.2 Å². The summed E-state index contributed by atoms with van der Waals surface area (Å²) in [6, 6.07) is 4.17. The third-order valence-electron chi connectivity index (χ3n) is 3.45. The lowest BCUT2D eigenvalue weighted by molar-refractivity contribution is 0.0902. The number of hydrogen-bond donors (Lipinski definition) is 2. The average molecular weight is 352 g/mol. The highest BCUT2D eigenvalue weighted by Crippen LogP contribution is 2.29. The Hall–Kier alpha value is -0.650. The summed E-state index contributed by atoms with van der Waals surface area (Å²) < 4.78 is 13.8. The smallest absolute Gasteiger partial charge is 0.251 e. The van der Waals surface area contributed by atoms with Crippen LogP contribution in [0.4, 0.5) is 4.39 Å². The van der Waals surface area contributed by atoms with Crippen molar-refractivity contribution in [2.24, 2.45) is 5.73 Å². The van der Waals surface area contributed by atoms with Gasteiger partial charge in [0, 0.05) is 16.6 Å². The van der Waals surface area contributed by atoms with Crippen LogP contribution in [0, 0.1) is 5.82 Å². The van der Waals surface area contributed by atoms with E-state index < -0.39 is 5.82 Å². The molecule has 0 aliphatic heterocycles. The van der Waals surface area contributed by atoms with E-state index in [9.17, 15) is 9.18 Å². The first-order chi connectivity index (χ1) is 8.54. The molecule has 0 spiro atoms. The number of carbonyl (C=O) groups excluding carboxylic acids is 1. The van der Waals surface area contributed by atoms with Gasteiger partial charge in [0.1, 0.15) is 5.82 Å². The second kappa shape index (κ2) is 6.68. The predicted molar refractivity (Wildman–Crippen MR) is 79.1 cm³/mol. The molecule has 0 unspecified atom stereocenters. The van der Waals surface area contributed by atoms with E-state index in [1.807, 2.05) is 0 Å². The van der Waals surface area contributed by atoms with Crippen molar-refractivity contribution >= 4 is 34.2 Å². The second-order valence-corrected chi connectivity index (χ2v) is 5.72. The summed E-state index contributed by atoms with van der Waals surface area (Å²) in [6.07, 6.45) is 3.94. The molecule has 6 heteroatoms. The molecule has 1 fully saturated rings. The lowest BCUT2D eigenvalue weighted by Crippen LogP contribution is -2.51. The molecule has 0 atom stereocenters. The van der Waals surface area contributed by atoms with Gasteiger partial charge in [0.05, 0.1) is 5.54 Å². The first-order valence-electron chi connectivity index (χ1n) is 6.03. The fourth-order valence-electron chi connectivity index (χ4n) is 2.43. The van der Waals surface area contributed by atoms with Crippen LogP contribution >= 0.6 is 28.3 Å². The first-order valence-corrected chi connectivity index (χ1v) is 6.83. The van der Waals surface area contributed by atoms with E-state index in [1.54, 1.807) is 6.07 Å². The monoisotopic (exact) mass is 350 g/mol. The van der Waals surface area contributed by atoms with Gasteiger partial charge in [-0.25, -0.2) is 4.39 Å². The first kappa shape index (κ1) is 16.4. The van der Waals surface area contributed by atoms with Gasteiger partial charge in [-0.3, -0.25) is 4.79 Å². The molecule has 1 aromatic rings. The average Bonchev–Trinajstić information content (AvgIpc) is 2.77. The van der Waals surface area contributed by atoms with E-state index in [4.69, 9.17) is 5.73 Å². The standard InChI is InChI=1S/C13H16BrFN2O.ClH/c14-10-5-9(6-11(15)7-10)12(18)17-13(8-16)3-1-2-4-13;/h5-7H,1-4,8,16H2,(H,17,18);1H. The zero-order chi connectivity index (χ0) is 13.2. The largest absolute Gasteiger partial charge is 0.345 e. The number of carbonyl (C=O) groups is 1. The summed E-state index contributed by atoms with van der Waals surface area (Å²) in [5, 5.41) is 2.96. The Balaban J connectivity index is 0.00000180. The molecule has 0 heterocycles. The highest BCUT2D eigenvalue weighted by molar-refractivity contribution is 9.10. The lowest BCUT2D eigenvalue weighted by Gasteiger charge is -2.28. The normalized spacial score (nSPS) is 16.8. The highest BCUT2D eigenvalue weighted by Gasteiger charge is 2.34. The molecule has 19 heavy (non-hydrogen) atoms. The van der Waals surface area contributed by atoms with Gasteiger partial charge < -0.3 is 11.1 Å². The second-order valence-electron chi connectivity index (χ2n) is 4.80. The quantitative estimate of drug-likeness (QED) is 0.879. The number of benzene rings is 1. The number of hydrogen-bond acceptors (Lipinski definition) is 2. The number of rotatable bonds is 3. The Labute approximate surface area is 126 Å². The molecule has 3 nitrogen and oxygen atoms in total. The van der Waals surface area contributed by atoms with Gasteiger partial charge in [-0.15, -0.1) is 12.4 Å². The van der Waals surface area contributed by atoms with E-state index in [-0.39, 0.29) is 23.9 Å². The summed E-state index contributed by atoms with van der Waals surface area (Å²) in [7, 11) is 0. The van der Waals surface area contributed by atoms with Crippen LogP contribution in [0.25, 0.3) is 0 Å². The van der Waals surface area contributed by atoms with Crippen molar-refractivity contribution in [1.82, 2.24) is 5.32 Å². The molecule has 0 saturated heterocycles. The maximum atomic E-state index is 13.2. The number of amides is 1. The fourth-order valence-corrected chi connectivity index (χ4v) is 2.90. The highest BCUT2D eigenvalue weighted by atomic mass is 79.9. The minimum Gasteiger partial charge on any atom is -0.345 e. The SMILES string of the molecule is Cl.NCC1(NC(=O)c2cc(F)cc(Br)c2)CCCC1. The van der Waals surface area contributed by atoms with E-state index in [0.717, 1.165) is 25.7 Å². The molecule has 1 amide bonds. The van der Waals surface area contributed by atoms with Crippen LogP contribution in [0.15, 0.2) is 22.7 Å². The van der Waals surface area contributed by atoms with Gasteiger partial charge >= 0.3 is 0 Å². The van der Waals surface area contributed by atoms with Crippen molar-refractivity contribution in [2.75, 3.05) is 6.54 Å². The van der Waals surface area contributed by atoms with E-state index >= 15 is 0 Å². The third-order valence-corrected chi connectivity index (χ3v) is 3.91. The van der Waals surface area contributed by atoms with Gasteiger partial charge in [0.15, 0.2) is 0 Å². The Morgan fingerprint density at radius 1 is 1.37 bits per heavy atom. The van der Waals surface area contributed by atoms with Crippen LogP contribution in [0.1, 0.15) is 36.0 Å². The molecular weight excluding hydrogens is 335 g/mol. The number of nitrogens with two attached hydrogens (primary N) is 1. The Morgan fingerprint density at radius 2 is 2.00 bits per heavy atom. The zero-order valence-corrected chi connectivity index (χ0v) is 12.8.